The molecule has 1 rings (SSSR count). The van der Waals surface area contributed by atoms with Crippen LogP contribution in [0.4, 0.5) is 0 Å². The van der Waals surface area contributed by atoms with E-state index in [4.69, 9.17) is 5.73 Å². The highest BCUT2D eigenvalue weighted by Crippen LogP contribution is 2.17. The van der Waals surface area contributed by atoms with Crippen LogP contribution in [0.3, 0.4) is 0 Å². The standard InChI is InChI=1S/C11H21N3O2S/c1-9-13-8-10(7-12)14(9)5-6-17(15,16)11(2,3)4/h8H,5-7,12H2,1-4H3. The van der Waals surface area contributed by atoms with Gasteiger partial charge in [0.25, 0.3) is 0 Å². The van der Waals surface area contributed by atoms with Crippen molar-refractivity contribution in [1.82, 2.24) is 9.55 Å². The topological polar surface area (TPSA) is 78.0 Å². The van der Waals surface area contributed by atoms with E-state index in [-0.39, 0.29) is 5.75 Å². The van der Waals surface area contributed by atoms with E-state index in [9.17, 15) is 8.42 Å². The number of hydrogen-bond acceptors (Lipinski definition) is 4. The van der Waals surface area contributed by atoms with Gasteiger partial charge in [0.2, 0.25) is 0 Å². The molecule has 0 aliphatic heterocycles. The van der Waals surface area contributed by atoms with E-state index in [1.807, 2.05) is 11.5 Å². The maximum absolute atomic E-state index is 12.0. The highest BCUT2D eigenvalue weighted by Gasteiger charge is 2.28. The summed E-state index contributed by atoms with van der Waals surface area (Å²) in [6.07, 6.45) is 1.69. The summed E-state index contributed by atoms with van der Waals surface area (Å²) in [5, 5.41) is 0. The number of aryl methyl sites for hydroxylation is 1. The zero-order valence-electron chi connectivity index (χ0n) is 10.9. The average molecular weight is 259 g/mol. The molecular weight excluding hydrogens is 238 g/mol. The first kappa shape index (κ1) is 14.2. The van der Waals surface area contributed by atoms with Crippen molar-refractivity contribution in [3.8, 4) is 0 Å². The third-order valence-corrected chi connectivity index (χ3v) is 5.45. The molecule has 0 aromatic carbocycles. The Labute approximate surface area is 103 Å². The van der Waals surface area contributed by atoms with Gasteiger partial charge in [0.15, 0.2) is 9.84 Å². The van der Waals surface area contributed by atoms with Crippen LogP contribution in [0.2, 0.25) is 0 Å². The normalized spacial score (nSPS) is 13.0. The van der Waals surface area contributed by atoms with Crippen molar-refractivity contribution in [1.29, 1.82) is 0 Å². The molecule has 1 aromatic rings. The van der Waals surface area contributed by atoms with E-state index in [0.717, 1.165) is 11.5 Å². The second-order valence-corrected chi connectivity index (χ2v) is 7.95. The van der Waals surface area contributed by atoms with Crippen LogP contribution < -0.4 is 5.73 Å². The molecule has 17 heavy (non-hydrogen) atoms. The zero-order chi connectivity index (χ0) is 13.3. The fraction of sp³-hybridized carbons (Fsp3) is 0.727. The molecule has 1 heterocycles. The smallest absolute Gasteiger partial charge is 0.156 e. The second-order valence-electron chi connectivity index (χ2n) is 5.08. The molecule has 0 aliphatic rings. The maximum atomic E-state index is 12.0. The van der Waals surface area contributed by atoms with Crippen LogP contribution in [0, 0.1) is 6.92 Å². The molecule has 5 nitrogen and oxygen atoms in total. The SMILES string of the molecule is Cc1ncc(CN)n1CCS(=O)(=O)C(C)(C)C. The Bertz CT molecular complexity index is 483. The van der Waals surface area contributed by atoms with Crippen molar-refractivity contribution in [2.75, 3.05) is 5.75 Å². The molecule has 6 heteroatoms. The van der Waals surface area contributed by atoms with Crippen LogP contribution in [0.15, 0.2) is 6.20 Å². The Kier molecular flexibility index (Phi) is 3.99. The highest BCUT2D eigenvalue weighted by molar-refractivity contribution is 7.92. The number of hydrogen-bond donors (Lipinski definition) is 1. The lowest BCUT2D eigenvalue weighted by Crippen LogP contribution is -2.32. The lowest BCUT2D eigenvalue weighted by molar-refractivity contribution is 0.551. The summed E-state index contributed by atoms with van der Waals surface area (Å²) < 4.78 is 25.1. The lowest BCUT2D eigenvalue weighted by atomic mass is 10.3. The van der Waals surface area contributed by atoms with Crippen LogP contribution >= 0.6 is 0 Å². The molecule has 0 atom stereocenters. The van der Waals surface area contributed by atoms with Gasteiger partial charge in [-0.3, -0.25) is 0 Å². The summed E-state index contributed by atoms with van der Waals surface area (Å²) in [5.41, 5.74) is 6.45. The van der Waals surface area contributed by atoms with Crippen molar-refractivity contribution in [2.24, 2.45) is 5.73 Å². The molecule has 0 saturated carbocycles. The van der Waals surface area contributed by atoms with Crippen LogP contribution in [0.25, 0.3) is 0 Å². The van der Waals surface area contributed by atoms with Gasteiger partial charge in [-0.25, -0.2) is 13.4 Å². The maximum Gasteiger partial charge on any atom is 0.156 e. The minimum absolute atomic E-state index is 0.112. The summed E-state index contributed by atoms with van der Waals surface area (Å²) in [4.78, 5) is 4.14. The lowest BCUT2D eigenvalue weighted by Gasteiger charge is -2.20. The summed E-state index contributed by atoms with van der Waals surface area (Å²) in [7, 11) is -3.10. The van der Waals surface area contributed by atoms with Gasteiger partial charge >= 0.3 is 0 Å². The molecule has 0 spiro atoms. The molecule has 0 saturated heterocycles. The predicted octanol–water partition coefficient (Wildman–Crippen LogP) is 0.864. The van der Waals surface area contributed by atoms with Gasteiger partial charge in [-0.15, -0.1) is 0 Å². The van der Waals surface area contributed by atoms with Crippen molar-refractivity contribution in [2.45, 2.75) is 45.5 Å². The van der Waals surface area contributed by atoms with Crippen molar-refractivity contribution in [3.63, 3.8) is 0 Å². The molecule has 0 fully saturated rings. The second kappa shape index (κ2) is 4.78. The van der Waals surface area contributed by atoms with E-state index < -0.39 is 14.6 Å². The first-order valence-electron chi connectivity index (χ1n) is 5.62. The number of nitrogens with two attached hydrogens (primary N) is 1. The molecular formula is C11H21N3O2S. The summed E-state index contributed by atoms with van der Waals surface area (Å²) in [6, 6.07) is 0. The number of aromatic nitrogens is 2. The molecule has 0 amide bonds. The van der Waals surface area contributed by atoms with E-state index in [2.05, 4.69) is 4.98 Å². The Morgan fingerprint density at radius 1 is 1.41 bits per heavy atom. The largest absolute Gasteiger partial charge is 0.330 e. The molecule has 0 radical (unpaired) electrons. The van der Waals surface area contributed by atoms with Gasteiger partial charge in [0.05, 0.1) is 16.2 Å². The number of rotatable bonds is 4. The van der Waals surface area contributed by atoms with Crippen LogP contribution in [0.1, 0.15) is 32.3 Å². The fourth-order valence-corrected chi connectivity index (χ4v) is 2.54. The van der Waals surface area contributed by atoms with Gasteiger partial charge < -0.3 is 10.3 Å². The average Bonchev–Trinajstić information content (AvgIpc) is 2.54. The molecule has 1 aromatic heterocycles. The van der Waals surface area contributed by atoms with E-state index in [1.54, 1.807) is 27.0 Å². The number of nitrogens with zero attached hydrogens (tertiary/aromatic N) is 2. The molecule has 98 valence electrons. The van der Waals surface area contributed by atoms with Crippen molar-refractivity contribution >= 4 is 9.84 Å². The minimum atomic E-state index is -3.10. The zero-order valence-corrected chi connectivity index (χ0v) is 11.7. The monoisotopic (exact) mass is 259 g/mol. The fourth-order valence-electron chi connectivity index (χ4n) is 1.50. The molecule has 0 aliphatic carbocycles. The third kappa shape index (κ3) is 3.07. The summed E-state index contributed by atoms with van der Waals surface area (Å²) >= 11 is 0. The van der Waals surface area contributed by atoms with Gasteiger partial charge in [-0.2, -0.15) is 0 Å². The van der Waals surface area contributed by atoms with Gasteiger partial charge in [0.1, 0.15) is 5.82 Å². The highest BCUT2D eigenvalue weighted by atomic mass is 32.2. The Morgan fingerprint density at radius 3 is 2.47 bits per heavy atom. The first-order chi connectivity index (χ1) is 7.69. The Hall–Kier alpha value is -0.880. The Morgan fingerprint density at radius 2 is 2.00 bits per heavy atom. The molecule has 0 bridgehead atoms. The van der Waals surface area contributed by atoms with E-state index in [1.165, 1.54) is 0 Å². The number of sulfone groups is 1. The van der Waals surface area contributed by atoms with Crippen molar-refractivity contribution < 1.29 is 8.42 Å². The third-order valence-electron chi connectivity index (χ3n) is 2.86. The van der Waals surface area contributed by atoms with Gasteiger partial charge in [-0.05, 0) is 27.7 Å². The Balaban J connectivity index is 2.85. The van der Waals surface area contributed by atoms with Crippen molar-refractivity contribution in [3.05, 3.63) is 17.7 Å². The van der Waals surface area contributed by atoms with Gasteiger partial charge in [0, 0.05) is 19.3 Å². The van der Waals surface area contributed by atoms with Gasteiger partial charge in [-0.1, -0.05) is 0 Å². The molecule has 2 N–H and O–H groups in total. The predicted molar refractivity (Wildman–Crippen MR) is 68.4 cm³/mol. The summed E-state index contributed by atoms with van der Waals surface area (Å²) in [5.74, 6) is 0.912. The first-order valence-corrected chi connectivity index (χ1v) is 7.27. The van der Waals surface area contributed by atoms with Crippen LogP contribution in [0.5, 0.6) is 0 Å². The van der Waals surface area contributed by atoms with Crippen LogP contribution in [-0.2, 0) is 22.9 Å². The number of imidazole rings is 1. The quantitative estimate of drug-likeness (QED) is 0.870. The molecule has 0 unspecified atom stereocenters. The minimum Gasteiger partial charge on any atom is -0.330 e. The van der Waals surface area contributed by atoms with E-state index >= 15 is 0 Å². The van der Waals surface area contributed by atoms with E-state index in [0.29, 0.717) is 13.1 Å². The van der Waals surface area contributed by atoms with Crippen LogP contribution in [-0.4, -0.2) is 28.5 Å². The summed E-state index contributed by atoms with van der Waals surface area (Å²) in [6.45, 7) is 7.78.